The Kier molecular flexibility index (Phi) is 5.76. The van der Waals surface area contributed by atoms with E-state index in [-0.39, 0.29) is 8.56 Å². The Morgan fingerprint density at radius 1 is 1.03 bits per heavy atom. The Balaban J connectivity index is -0.00000171. The number of nitrogens with zero attached hydrogens (tertiary/aromatic N) is 1. The first-order chi connectivity index (χ1) is 14.2. The fourth-order valence-corrected chi connectivity index (χ4v) is 4.59. The van der Waals surface area contributed by atoms with E-state index in [9.17, 15) is 5.11 Å². The summed E-state index contributed by atoms with van der Waals surface area (Å²) < 4.78 is 6.79. The molecule has 0 aliphatic heterocycles. The van der Waals surface area contributed by atoms with Crippen molar-refractivity contribution < 1.29 is 18.4 Å². The summed E-state index contributed by atoms with van der Waals surface area (Å²) in [5, 5.41) is 11.1. The zero-order valence-corrected chi connectivity index (χ0v) is 16.8. The summed E-state index contributed by atoms with van der Waals surface area (Å²) in [6.07, 6.45) is 0.816. The summed E-state index contributed by atoms with van der Waals surface area (Å²) in [4.78, 5) is 5.17. The summed E-state index contributed by atoms with van der Waals surface area (Å²) in [5.74, 6) is 3.63. The number of phenols is 1. The number of fused-ring (bicyclic) bond motifs is 1. The van der Waals surface area contributed by atoms with E-state index in [0.29, 0.717) is 18.9 Å². The molecule has 3 nitrogen and oxygen atoms in total. The smallest absolute Gasteiger partial charge is 0.119 e. The van der Waals surface area contributed by atoms with Crippen LogP contribution < -0.4 is 4.74 Å². The first-order valence-electron chi connectivity index (χ1n) is 9.45. The second-order valence-electron chi connectivity index (χ2n) is 6.67. The lowest BCUT2D eigenvalue weighted by Crippen LogP contribution is -2.00. The monoisotopic (exact) mass is 411 g/mol. The Bertz CT molecular complexity index is 1180. The van der Waals surface area contributed by atoms with Crippen molar-refractivity contribution >= 4 is 27.3 Å². The van der Waals surface area contributed by atoms with Crippen LogP contribution in [0.2, 0.25) is 0 Å². The van der Waals surface area contributed by atoms with E-state index in [2.05, 4.69) is 53.8 Å². The standard InChI is InChI=1S/C25H21NO2S.6H2/c1-2-26-14-15-28-21-11-8-18(9-12-21)16-23-22-13-10-20(27)17-24(22)29-25(23)19-6-4-3-5-7-19;;;;;;/h3-13,17,27H,1,14-16H2;6*1H. The molecule has 1 heterocycles. The lowest BCUT2D eigenvalue weighted by atomic mass is 9.99. The molecule has 0 fully saturated rings. The Morgan fingerprint density at radius 3 is 2.59 bits per heavy atom. The molecule has 0 spiro atoms. The fourth-order valence-electron chi connectivity index (χ4n) is 3.33. The van der Waals surface area contributed by atoms with Crippen LogP contribution in [-0.4, -0.2) is 24.1 Å². The number of aliphatic imine (C=N–C) groups is 1. The molecule has 0 aliphatic rings. The first kappa shape index (κ1) is 19.0. The molecule has 29 heavy (non-hydrogen) atoms. The molecule has 0 atom stereocenters. The van der Waals surface area contributed by atoms with Crippen LogP contribution >= 0.6 is 11.3 Å². The molecule has 1 N–H and O–H groups in total. The summed E-state index contributed by atoms with van der Waals surface area (Å²) in [7, 11) is 0. The maximum absolute atomic E-state index is 9.90. The largest absolute Gasteiger partial charge is 0.508 e. The topological polar surface area (TPSA) is 41.8 Å². The van der Waals surface area contributed by atoms with Crippen molar-refractivity contribution in [2.24, 2.45) is 4.99 Å². The molecule has 0 saturated carbocycles. The summed E-state index contributed by atoms with van der Waals surface area (Å²) >= 11 is 1.72. The number of aromatic hydroxyl groups is 1. The zero-order valence-electron chi connectivity index (χ0n) is 16.0. The second-order valence-corrected chi connectivity index (χ2v) is 7.72. The number of ether oxygens (including phenoxy) is 1. The van der Waals surface area contributed by atoms with E-state index in [1.54, 1.807) is 17.4 Å². The molecule has 0 aliphatic carbocycles. The number of benzene rings is 3. The van der Waals surface area contributed by atoms with Gasteiger partial charge in [0.1, 0.15) is 18.1 Å². The average Bonchev–Trinajstić information content (AvgIpc) is 3.10. The van der Waals surface area contributed by atoms with Gasteiger partial charge in [-0.25, -0.2) is 4.99 Å². The normalized spacial score (nSPS) is 10.6. The van der Waals surface area contributed by atoms with Crippen LogP contribution in [0.3, 0.4) is 0 Å². The van der Waals surface area contributed by atoms with Crippen molar-refractivity contribution in [1.82, 2.24) is 0 Å². The molecule has 3 aromatic carbocycles. The van der Waals surface area contributed by atoms with Gasteiger partial charge in [0, 0.05) is 18.1 Å². The second kappa shape index (κ2) is 8.78. The molecule has 0 amide bonds. The summed E-state index contributed by atoms with van der Waals surface area (Å²) in [5.41, 5.74) is 3.70. The van der Waals surface area contributed by atoms with Gasteiger partial charge >= 0.3 is 0 Å². The molecule has 4 aromatic rings. The number of hydrogen-bond acceptors (Lipinski definition) is 4. The molecule has 0 unspecified atom stereocenters. The quantitative estimate of drug-likeness (QED) is 0.251. The summed E-state index contributed by atoms with van der Waals surface area (Å²) in [6, 6.07) is 24.2. The molecule has 0 bridgehead atoms. The van der Waals surface area contributed by atoms with Crippen LogP contribution in [0.1, 0.15) is 19.7 Å². The molecule has 4 rings (SSSR count). The van der Waals surface area contributed by atoms with Crippen LogP contribution in [0.5, 0.6) is 11.5 Å². The van der Waals surface area contributed by atoms with Crippen LogP contribution in [0, 0.1) is 0 Å². The van der Waals surface area contributed by atoms with Crippen molar-refractivity contribution in [3.8, 4) is 21.9 Å². The highest BCUT2D eigenvalue weighted by atomic mass is 32.1. The van der Waals surface area contributed by atoms with Gasteiger partial charge in [-0.15, -0.1) is 11.3 Å². The van der Waals surface area contributed by atoms with Gasteiger partial charge in [-0.3, -0.25) is 0 Å². The summed E-state index contributed by atoms with van der Waals surface area (Å²) in [6.45, 7) is 4.51. The fraction of sp³-hybridized carbons (Fsp3) is 0.120. The molecule has 0 saturated heterocycles. The van der Waals surface area contributed by atoms with Crippen molar-refractivity contribution in [3.63, 3.8) is 0 Å². The third kappa shape index (κ3) is 4.40. The van der Waals surface area contributed by atoms with E-state index in [4.69, 9.17) is 4.74 Å². The number of phenolic OH excluding ortho intramolecular Hbond substituents is 1. The van der Waals surface area contributed by atoms with Gasteiger partial charge in [0.2, 0.25) is 0 Å². The minimum atomic E-state index is 0. The third-order valence-corrected chi connectivity index (χ3v) is 5.94. The maximum Gasteiger partial charge on any atom is 0.119 e. The molecule has 1 aromatic heterocycles. The predicted molar refractivity (Wildman–Crippen MR) is 134 cm³/mol. The van der Waals surface area contributed by atoms with Crippen LogP contribution in [0.15, 0.2) is 84.4 Å². The molecule has 4 heteroatoms. The maximum atomic E-state index is 9.90. The van der Waals surface area contributed by atoms with E-state index in [1.807, 2.05) is 30.3 Å². The van der Waals surface area contributed by atoms with Gasteiger partial charge in [0.25, 0.3) is 0 Å². The molecular weight excluding hydrogens is 378 g/mol. The number of rotatable bonds is 7. The minimum Gasteiger partial charge on any atom is -0.508 e. The Morgan fingerprint density at radius 2 is 1.83 bits per heavy atom. The van der Waals surface area contributed by atoms with E-state index >= 15 is 0 Å². The lowest BCUT2D eigenvalue weighted by molar-refractivity contribution is 0.329. The van der Waals surface area contributed by atoms with Crippen molar-refractivity contribution in [1.29, 1.82) is 0 Å². The van der Waals surface area contributed by atoms with E-state index in [1.165, 1.54) is 27.0 Å². The van der Waals surface area contributed by atoms with E-state index in [0.717, 1.165) is 16.9 Å². The highest BCUT2D eigenvalue weighted by molar-refractivity contribution is 7.22. The third-order valence-electron chi connectivity index (χ3n) is 4.70. The van der Waals surface area contributed by atoms with Crippen LogP contribution in [-0.2, 0) is 6.42 Å². The Labute approximate surface area is 183 Å². The lowest BCUT2D eigenvalue weighted by Gasteiger charge is -2.08. The molecular formula is C25H33NO2S. The van der Waals surface area contributed by atoms with Gasteiger partial charge in [-0.05, 0) is 71.3 Å². The van der Waals surface area contributed by atoms with Crippen LogP contribution in [0.25, 0.3) is 20.5 Å². The number of thiophene rings is 1. The van der Waals surface area contributed by atoms with Gasteiger partial charge in [-0.1, -0.05) is 42.5 Å². The average molecular weight is 412 g/mol. The highest BCUT2D eigenvalue weighted by Crippen LogP contribution is 2.41. The predicted octanol–water partition coefficient (Wildman–Crippen LogP) is 7.58. The van der Waals surface area contributed by atoms with Gasteiger partial charge < -0.3 is 9.84 Å². The van der Waals surface area contributed by atoms with Gasteiger partial charge in [0.05, 0.1) is 6.54 Å². The van der Waals surface area contributed by atoms with Gasteiger partial charge in [-0.2, -0.15) is 0 Å². The number of hydrogen-bond donors (Lipinski definition) is 1. The highest BCUT2D eigenvalue weighted by Gasteiger charge is 2.15. The first-order valence-corrected chi connectivity index (χ1v) is 10.3. The van der Waals surface area contributed by atoms with Crippen molar-refractivity contribution in [2.45, 2.75) is 6.42 Å². The molecule has 0 radical (unpaired) electrons. The SMILES string of the molecule is C=C=NCCOc1ccc(Cc2c(-c3ccccc3)sc3cc(O)ccc23)cc1.[HH].[HH].[HH].[HH].[HH].[HH]. The van der Waals surface area contributed by atoms with E-state index < -0.39 is 0 Å². The van der Waals surface area contributed by atoms with Crippen LogP contribution in [0.4, 0.5) is 0 Å². The molecule has 156 valence electrons. The Hall–Kier alpha value is -3.33. The zero-order chi connectivity index (χ0) is 20.1. The van der Waals surface area contributed by atoms with Crippen molar-refractivity contribution in [2.75, 3.05) is 13.2 Å². The minimum absolute atomic E-state index is 0. The van der Waals surface area contributed by atoms with Gasteiger partial charge in [0.15, 0.2) is 0 Å². The van der Waals surface area contributed by atoms with Crippen molar-refractivity contribution in [3.05, 3.63) is 90.5 Å².